The van der Waals surface area contributed by atoms with E-state index in [1.165, 1.54) is 12.1 Å². The van der Waals surface area contributed by atoms with Crippen LogP contribution in [0, 0.1) is 5.82 Å². The quantitative estimate of drug-likeness (QED) is 0.361. The van der Waals surface area contributed by atoms with Crippen LogP contribution < -0.4 is 4.74 Å². The van der Waals surface area contributed by atoms with Crippen LogP contribution in [-0.2, 0) is 27.4 Å². The molecule has 2 heterocycles. The molecule has 2 aromatic carbocycles. The van der Waals surface area contributed by atoms with E-state index >= 15 is 0 Å². The monoisotopic (exact) mass is 525 g/mol. The largest absolute Gasteiger partial charge is 0.484 e. The number of benzene rings is 2. The number of nitrogens with zero attached hydrogens (tertiary/aromatic N) is 3. The van der Waals surface area contributed by atoms with Crippen molar-refractivity contribution in [2.75, 3.05) is 52.5 Å². The van der Waals surface area contributed by atoms with Crippen LogP contribution in [0.2, 0.25) is 0 Å². The second kappa shape index (κ2) is 13.9. The molecule has 9 heteroatoms. The molecule has 1 aromatic heterocycles. The van der Waals surface area contributed by atoms with Gasteiger partial charge in [0.05, 0.1) is 26.3 Å². The van der Waals surface area contributed by atoms with Crippen LogP contribution >= 0.6 is 11.3 Å². The molecule has 2 amide bonds. The van der Waals surface area contributed by atoms with Gasteiger partial charge in [-0.1, -0.05) is 36.4 Å². The van der Waals surface area contributed by atoms with Crippen LogP contribution in [0.25, 0.3) is 0 Å². The molecule has 1 saturated heterocycles. The standard InChI is InChI=1S/C28H32FN3O4S/c29-24-10-8-23(9-11-24)19-32(20-26-7-4-18-37-26)27(33)21-31(13-12-30-14-16-35-17-15-30)28(34)22-36-25-5-2-1-3-6-25/h1-11,18H,12-17,19-22H2. The number of rotatable bonds is 12. The van der Waals surface area contributed by atoms with Gasteiger partial charge in [0, 0.05) is 37.6 Å². The molecule has 0 aliphatic carbocycles. The van der Waals surface area contributed by atoms with Gasteiger partial charge >= 0.3 is 0 Å². The molecule has 0 saturated carbocycles. The van der Waals surface area contributed by atoms with Crippen molar-refractivity contribution >= 4 is 23.2 Å². The molecule has 1 aliphatic rings. The number of halogens is 1. The zero-order valence-electron chi connectivity index (χ0n) is 20.8. The van der Waals surface area contributed by atoms with E-state index < -0.39 is 0 Å². The van der Waals surface area contributed by atoms with E-state index in [0.29, 0.717) is 45.1 Å². The molecule has 0 radical (unpaired) electrons. The highest BCUT2D eigenvalue weighted by Crippen LogP contribution is 2.16. The summed E-state index contributed by atoms with van der Waals surface area (Å²) in [5.74, 6) is -0.139. The minimum Gasteiger partial charge on any atom is -0.484 e. The maximum Gasteiger partial charge on any atom is 0.261 e. The minimum absolute atomic E-state index is 0.0616. The third-order valence-corrected chi connectivity index (χ3v) is 7.00. The lowest BCUT2D eigenvalue weighted by molar-refractivity contribution is -0.142. The lowest BCUT2D eigenvalue weighted by Gasteiger charge is -2.31. The summed E-state index contributed by atoms with van der Waals surface area (Å²) in [6, 6.07) is 19.2. The third-order valence-electron chi connectivity index (χ3n) is 6.14. The predicted octanol–water partition coefficient (Wildman–Crippen LogP) is 3.66. The van der Waals surface area contributed by atoms with Gasteiger partial charge in [-0.2, -0.15) is 0 Å². The highest BCUT2D eigenvalue weighted by atomic mass is 32.1. The van der Waals surface area contributed by atoms with Crippen molar-refractivity contribution in [3.8, 4) is 5.75 Å². The van der Waals surface area contributed by atoms with E-state index in [1.807, 2.05) is 35.7 Å². The molecule has 0 N–H and O–H groups in total. The van der Waals surface area contributed by atoms with Crippen LogP contribution in [0.4, 0.5) is 4.39 Å². The molecule has 4 rings (SSSR count). The lowest BCUT2D eigenvalue weighted by atomic mass is 10.2. The molecule has 0 atom stereocenters. The molecule has 0 bridgehead atoms. The Morgan fingerprint density at radius 3 is 2.38 bits per heavy atom. The summed E-state index contributed by atoms with van der Waals surface area (Å²) in [5.41, 5.74) is 0.824. The van der Waals surface area contributed by atoms with Crippen molar-refractivity contribution < 1.29 is 23.5 Å². The number of para-hydroxylation sites is 1. The van der Waals surface area contributed by atoms with Crippen molar-refractivity contribution in [2.45, 2.75) is 13.1 Å². The fraction of sp³-hybridized carbons (Fsp3) is 0.357. The van der Waals surface area contributed by atoms with Crippen molar-refractivity contribution in [1.82, 2.24) is 14.7 Å². The van der Waals surface area contributed by atoms with Crippen molar-refractivity contribution in [2.24, 2.45) is 0 Å². The zero-order chi connectivity index (χ0) is 25.9. The Balaban J connectivity index is 1.45. The van der Waals surface area contributed by atoms with Gasteiger partial charge in [-0.05, 0) is 41.3 Å². The van der Waals surface area contributed by atoms with Crippen LogP contribution in [0.15, 0.2) is 72.1 Å². The number of amides is 2. The molecular weight excluding hydrogens is 493 g/mol. The Hall–Kier alpha value is -3.27. The Labute approximate surface area is 221 Å². The molecular formula is C28H32FN3O4S. The molecule has 0 spiro atoms. The average Bonchev–Trinajstić information content (AvgIpc) is 3.45. The summed E-state index contributed by atoms with van der Waals surface area (Å²) in [7, 11) is 0. The first kappa shape index (κ1) is 26.8. The maximum absolute atomic E-state index is 13.6. The van der Waals surface area contributed by atoms with Crippen LogP contribution in [0.1, 0.15) is 10.4 Å². The maximum atomic E-state index is 13.6. The topological polar surface area (TPSA) is 62.3 Å². The van der Waals surface area contributed by atoms with Crippen molar-refractivity contribution in [3.63, 3.8) is 0 Å². The predicted molar refractivity (Wildman–Crippen MR) is 141 cm³/mol. The number of morpholine rings is 1. The number of carbonyl (C=O) groups is 2. The Bertz CT molecular complexity index is 1110. The summed E-state index contributed by atoms with van der Waals surface area (Å²) in [6.45, 7) is 4.51. The van der Waals surface area contributed by atoms with Gasteiger partial charge in [-0.15, -0.1) is 11.3 Å². The van der Waals surface area contributed by atoms with Crippen LogP contribution in [0.5, 0.6) is 5.75 Å². The summed E-state index contributed by atoms with van der Waals surface area (Å²) in [5, 5.41) is 1.97. The summed E-state index contributed by atoms with van der Waals surface area (Å²) < 4.78 is 24.6. The third kappa shape index (κ3) is 8.66. The molecule has 0 unspecified atom stereocenters. The van der Waals surface area contributed by atoms with E-state index in [9.17, 15) is 14.0 Å². The smallest absolute Gasteiger partial charge is 0.261 e. The number of carbonyl (C=O) groups excluding carboxylic acids is 2. The van der Waals surface area contributed by atoms with Gasteiger partial charge in [-0.25, -0.2) is 4.39 Å². The Kier molecular flexibility index (Phi) is 10.0. The second-order valence-electron chi connectivity index (χ2n) is 8.83. The van der Waals surface area contributed by atoms with Crippen molar-refractivity contribution in [3.05, 3.63) is 88.4 Å². The van der Waals surface area contributed by atoms with E-state index in [1.54, 1.807) is 45.4 Å². The number of hydrogen-bond acceptors (Lipinski definition) is 6. The van der Waals surface area contributed by atoms with Gasteiger partial charge in [0.25, 0.3) is 5.91 Å². The second-order valence-corrected chi connectivity index (χ2v) is 9.86. The number of hydrogen-bond donors (Lipinski definition) is 0. The van der Waals surface area contributed by atoms with Gasteiger partial charge < -0.3 is 19.3 Å². The molecule has 7 nitrogen and oxygen atoms in total. The molecule has 37 heavy (non-hydrogen) atoms. The number of ether oxygens (including phenoxy) is 2. The SMILES string of the molecule is O=C(COc1ccccc1)N(CCN1CCOCC1)CC(=O)N(Cc1ccc(F)cc1)Cc1cccs1. The minimum atomic E-state index is -0.321. The highest BCUT2D eigenvalue weighted by molar-refractivity contribution is 7.09. The normalized spacial score (nSPS) is 13.8. The molecule has 1 aliphatic heterocycles. The number of thiophene rings is 1. The van der Waals surface area contributed by atoms with Gasteiger partial charge in [-0.3, -0.25) is 14.5 Å². The zero-order valence-corrected chi connectivity index (χ0v) is 21.6. The van der Waals surface area contributed by atoms with E-state index in [0.717, 1.165) is 23.5 Å². The first-order chi connectivity index (χ1) is 18.1. The summed E-state index contributed by atoms with van der Waals surface area (Å²) >= 11 is 1.57. The fourth-order valence-corrected chi connectivity index (χ4v) is 4.75. The first-order valence-electron chi connectivity index (χ1n) is 12.4. The Morgan fingerprint density at radius 2 is 1.68 bits per heavy atom. The van der Waals surface area contributed by atoms with Crippen molar-refractivity contribution in [1.29, 1.82) is 0 Å². The lowest BCUT2D eigenvalue weighted by Crippen LogP contribution is -2.48. The molecule has 1 fully saturated rings. The highest BCUT2D eigenvalue weighted by Gasteiger charge is 2.24. The summed E-state index contributed by atoms with van der Waals surface area (Å²) in [6.07, 6.45) is 0. The molecule has 3 aromatic rings. The van der Waals surface area contributed by atoms with Crippen LogP contribution in [0.3, 0.4) is 0 Å². The van der Waals surface area contributed by atoms with E-state index in [4.69, 9.17) is 9.47 Å². The average molecular weight is 526 g/mol. The van der Waals surface area contributed by atoms with Crippen LogP contribution in [-0.4, -0.2) is 79.1 Å². The van der Waals surface area contributed by atoms with Gasteiger partial charge in [0.1, 0.15) is 11.6 Å². The van der Waals surface area contributed by atoms with E-state index in [-0.39, 0.29) is 30.8 Å². The first-order valence-corrected chi connectivity index (χ1v) is 13.2. The summed E-state index contributed by atoms with van der Waals surface area (Å²) in [4.78, 5) is 33.3. The fourth-order valence-electron chi connectivity index (χ4n) is 4.03. The van der Waals surface area contributed by atoms with Gasteiger partial charge in [0.15, 0.2) is 6.61 Å². The van der Waals surface area contributed by atoms with Gasteiger partial charge in [0.2, 0.25) is 5.91 Å². The Morgan fingerprint density at radius 1 is 0.919 bits per heavy atom. The van der Waals surface area contributed by atoms with E-state index in [2.05, 4.69) is 4.90 Å². The molecule has 196 valence electrons.